The monoisotopic (exact) mass is 462 g/mol. The highest BCUT2D eigenvalue weighted by molar-refractivity contribution is 7.89. The molecule has 1 heterocycles. The second kappa shape index (κ2) is 8.67. The highest BCUT2D eigenvalue weighted by atomic mass is 35.5. The third-order valence-electron chi connectivity index (χ3n) is 5.62. The average molecular weight is 463 g/mol. The number of benzene rings is 2. The van der Waals surface area contributed by atoms with Crippen molar-refractivity contribution in [1.82, 2.24) is 4.31 Å². The minimum atomic E-state index is -3.56. The Labute approximate surface area is 185 Å². The number of carbonyl (C=O) groups excluding carboxylic acids is 1. The van der Waals surface area contributed by atoms with Crippen LogP contribution < -0.4 is 5.32 Å². The van der Waals surface area contributed by atoms with Gasteiger partial charge in [-0.15, -0.1) is 11.3 Å². The van der Waals surface area contributed by atoms with Gasteiger partial charge in [0.1, 0.15) is 4.88 Å². The molecule has 1 amide bonds. The van der Waals surface area contributed by atoms with Crippen LogP contribution in [0, 0.1) is 0 Å². The van der Waals surface area contributed by atoms with Crippen molar-refractivity contribution in [1.29, 1.82) is 0 Å². The quantitative estimate of drug-likeness (QED) is 0.524. The Morgan fingerprint density at radius 2 is 1.73 bits per heavy atom. The number of halogens is 1. The van der Waals surface area contributed by atoms with Crippen LogP contribution in [0.25, 0.3) is 10.1 Å². The third-order valence-corrected chi connectivity index (χ3v) is 9.22. The molecule has 2 aromatic carbocycles. The van der Waals surface area contributed by atoms with Gasteiger partial charge < -0.3 is 5.32 Å². The first-order valence-electron chi connectivity index (χ1n) is 9.94. The first kappa shape index (κ1) is 21.3. The summed E-state index contributed by atoms with van der Waals surface area (Å²) in [5.74, 6) is -0.309. The minimum absolute atomic E-state index is 0.0539. The molecule has 0 radical (unpaired) electrons. The molecule has 0 aliphatic heterocycles. The molecule has 158 valence electrons. The number of carbonyl (C=O) groups is 1. The number of anilines is 1. The molecular weight excluding hydrogens is 440 g/mol. The van der Waals surface area contributed by atoms with Gasteiger partial charge in [-0.25, -0.2) is 8.42 Å². The Morgan fingerprint density at radius 1 is 1.07 bits per heavy atom. The van der Waals surface area contributed by atoms with E-state index in [1.54, 1.807) is 19.2 Å². The Morgan fingerprint density at radius 3 is 2.40 bits per heavy atom. The fourth-order valence-corrected chi connectivity index (χ4v) is 6.69. The lowest BCUT2D eigenvalue weighted by Crippen LogP contribution is -2.38. The molecular formula is C22H23ClN2O3S2. The average Bonchev–Trinajstić information content (AvgIpc) is 3.11. The summed E-state index contributed by atoms with van der Waals surface area (Å²) in [5.41, 5.74) is 0.521. The van der Waals surface area contributed by atoms with Gasteiger partial charge in [-0.05, 0) is 43.2 Å². The number of rotatable bonds is 5. The molecule has 1 fully saturated rings. The molecule has 1 N–H and O–H groups in total. The lowest BCUT2D eigenvalue weighted by Gasteiger charge is -2.30. The summed E-state index contributed by atoms with van der Waals surface area (Å²) in [6.45, 7) is 0. The van der Waals surface area contributed by atoms with E-state index in [1.165, 1.54) is 34.2 Å². The van der Waals surface area contributed by atoms with Gasteiger partial charge in [-0.1, -0.05) is 49.1 Å². The van der Waals surface area contributed by atoms with Crippen LogP contribution in [-0.4, -0.2) is 31.7 Å². The van der Waals surface area contributed by atoms with Crippen LogP contribution >= 0.6 is 22.9 Å². The number of thiophene rings is 1. The summed E-state index contributed by atoms with van der Waals surface area (Å²) < 4.78 is 28.3. The van der Waals surface area contributed by atoms with Crippen LogP contribution in [0.1, 0.15) is 41.8 Å². The van der Waals surface area contributed by atoms with Gasteiger partial charge in [0, 0.05) is 28.9 Å². The van der Waals surface area contributed by atoms with E-state index in [0.29, 0.717) is 15.6 Å². The van der Waals surface area contributed by atoms with E-state index in [4.69, 9.17) is 11.6 Å². The van der Waals surface area contributed by atoms with Gasteiger partial charge in [-0.2, -0.15) is 4.31 Å². The summed E-state index contributed by atoms with van der Waals surface area (Å²) in [7, 11) is -1.90. The van der Waals surface area contributed by atoms with Crippen molar-refractivity contribution >= 4 is 54.6 Å². The lowest BCUT2D eigenvalue weighted by atomic mass is 9.96. The van der Waals surface area contributed by atoms with Crippen molar-refractivity contribution in [3.63, 3.8) is 0 Å². The number of fused-ring (bicyclic) bond motifs is 1. The molecule has 1 aliphatic carbocycles. The predicted octanol–water partition coefficient (Wildman–Crippen LogP) is 5.76. The maximum absolute atomic E-state index is 13.0. The van der Waals surface area contributed by atoms with E-state index in [-0.39, 0.29) is 16.8 Å². The molecule has 0 spiro atoms. The molecule has 0 atom stereocenters. The van der Waals surface area contributed by atoms with Crippen LogP contribution in [0.4, 0.5) is 5.69 Å². The number of hydrogen-bond donors (Lipinski definition) is 1. The largest absolute Gasteiger partial charge is 0.321 e. The molecule has 0 bridgehead atoms. The summed E-state index contributed by atoms with van der Waals surface area (Å²) >= 11 is 7.71. The van der Waals surface area contributed by atoms with Crippen LogP contribution in [0.5, 0.6) is 0 Å². The molecule has 4 rings (SSSR count). The topological polar surface area (TPSA) is 66.5 Å². The summed E-state index contributed by atoms with van der Waals surface area (Å²) in [6, 6.07) is 13.9. The molecule has 5 nitrogen and oxygen atoms in total. The maximum Gasteiger partial charge on any atom is 0.267 e. The zero-order valence-corrected chi connectivity index (χ0v) is 19.0. The molecule has 1 aliphatic rings. The first-order chi connectivity index (χ1) is 14.4. The van der Waals surface area contributed by atoms with Crippen LogP contribution in [0.15, 0.2) is 53.4 Å². The molecule has 8 heteroatoms. The Balaban J connectivity index is 1.50. The number of nitrogens with zero attached hydrogens (tertiary/aromatic N) is 1. The van der Waals surface area contributed by atoms with E-state index in [1.807, 2.05) is 24.3 Å². The zero-order valence-electron chi connectivity index (χ0n) is 16.6. The summed E-state index contributed by atoms with van der Waals surface area (Å²) in [5, 5.41) is 4.09. The number of hydrogen-bond acceptors (Lipinski definition) is 4. The van der Waals surface area contributed by atoms with Gasteiger partial charge in [0.2, 0.25) is 10.0 Å². The Hall–Kier alpha value is -1.93. The normalized spacial score (nSPS) is 15.6. The van der Waals surface area contributed by atoms with Gasteiger partial charge in [0.15, 0.2) is 0 Å². The van der Waals surface area contributed by atoms with Gasteiger partial charge in [0.05, 0.1) is 9.92 Å². The van der Waals surface area contributed by atoms with Gasteiger partial charge >= 0.3 is 0 Å². The lowest BCUT2D eigenvalue weighted by molar-refractivity contribution is 0.103. The minimum Gasteiger partial charge on any atom is -0.321 e. The van der Waals surface area contributed by atoms with E-state index in [9.17, 15) is 13.2 Å². The van der Waals surface area contributed by atoms with E-state index in [2.05, 4.69) is 5.32 Å². The third kappa shape index (κ3) is 4.12. The predicted molar refractivity (Wildman–Crippen MR) is 123 cm³/mol. The maximum atomic E-state index is 13.0. The number of nitrogens with one attached hydrogen (secondary N) is 1. The van der Waals surface area contributed by atoms with E-state index >= 15 is 0 Å². The molecule has 1 aromatic heterocycles. The van der Waals surface area contributed by atoms with Crippen molar-refractivity contribution < 1.29 is 13.2 Å². The number of amides is 1. The fourth-order valence-electron chi connectivity index (χ4n) is 3.87. The van der Waals surface area contributed by atoms with Crippen molar-refractivity contribution in [2.75, 3.05) is 12.4 Å². The SMILES string of the molecule is CN(C1CCCCC1)S(=O)(=O)c1ccc(NC(=O)c2sc3ccccc3c2Cl)cc1. The molecule has 30 heavy (non-hydrogen) atoms. The highest BCUT2D eigenvalue weighted by Crippen LogP contribution is 2.35. The summed E-state index contributed by atoms with van der Waals surface area (Å²) in [4.78, 5) is 13.4. The van der Waals surface area contributed by atoms with E-state index in [0.717, 1.165) is 35.8 Å². The molecule has 3 aromatic rings. The Kier molecular flexibility index (Phi) is 6.16. The molecule has 1 saturated carbocycles. The van der Waals surface area contributed by atoms with Crippen molar-refractivity contribution in [3.8, 4) is 0 Å². The Bertz CT molecular complexity index is 1170. The zero-order chi connectivity index (χ0) is 21.3. The fraction of sp³-hybridized carbons (Fsp3) is 0.318. The van der Waals surface area contributed by atoms with Crippen LogP contribution in [0.2, 0.25) is 5.02 Å². The van der Waals surface area contributed by atoms with Gasteiger partial charge in [0.25, 0.3) is 5.91 Å². The highest BCUT2D eigenvalue weighted by Gasteiger charge is 2.29. The van der Waals surface area contributed by atoms with Crippen molar-refractivity contribution in [2.24, 2.45) is 0 Å². The van der Waals surface area contributed by atoms with Crippen LogP contribution in [0.3, 0.4) is 0 Å². The van der Waals surface area contributed by atoms with Crippen molar-refractivity contribution in [3.05, 3.63) is 58.4 Å². The smallest absolute Gasteiger partial charge is 0.267 e. The summed E-state index contributed by atoms with van der Waals surface area (Å²) in [6.07, 6.45) is 5.10. The van der Waals surface area contributed by atoms with E-state index < -0.39 is 10.0 Å². The standard InChI is InChI=1S/C22H23ClN2O3S2/c1-25(16-7-3-2-4-8-16)30(27,28)17-13-11-15(12-14-17)24-22(26)21-20(23)18-9-5-6-10-19(18)29-21/h5-6,9-14,16H,2-4,7-8H2,1H3,(H,24,26). The van der Waals surface area contributed by atoms with Crippen molar-refractivity contribution in [2.45, 2.75) is 43.0 Å². The van der Waals surface area contributed by atoms with Gasteiger partial charge in [-0.3, -0.25) is 4.79 Å². The molecule has 0 unspecified atom stereocenters. The first-order valence-corrected chi connectivity index (χ1v) is 12.6. The number of sulfonamides is 1. The molecule has 0 saturated heterocycles. The second-order valence-electron chi connectivity index (χ2n) is 7.53. The van der Waals surface area contributed by atoms with Crippen LogP contribution in [-0.2, 0) is 10.0 Å². The second-order valence-corrected chi connectivity index (χ2v) is 11.0.